The average Bonchev–Trinajstić information content (AvgIpc) is 3.10. The van der Waals surface area contributed by atoms with Gasteiger partial charge in [-0.15, -0.1) is 0 Å². The fourth-order valence-corrected chi connectivity index (χ4v) is 3.66. The maximum atomic E-state index is 13.7. The zero-order valence-corrected chi connectivity index (χ0v) is 16.4. The molecule has 1 aromatic carbocycles. The second-order valence-corrected chi connectivity index (χ2v) is 7.20. The number of morpholine rings is 1. The Labute approximate surface area is 167 Å². The molecular formula is C20H23FN6O2. The molecule has 2 aromatic heterocycles. The molecule has 1 saturated heterocycles. The first-order chi connectivity index (χ1) is 14.0. The van der Waals surface area contributed by atoms with Crippen LogP contribution >= 0.6 is 0 Å². The fraction of sp³-hybridized carbons (Fsp3) is 0.400. The number of carbonyl (C=O) groups excluding carboxylic acids is 1. The molecular weight excluding hydrogens is 375 g/mol. The topological polar surface area (TPSA) is 85.2 Å². The third kappa shape index (κ3) is 4.04. The van der Waals surface area contributed by atoms with Crippen molar-refractivity contribution >= 4 is 22.8 Å². The van der Waals surface area contributed by atoms with Crippen molar-refractivity contribution in [3.63, 3.8) is 0 Å². The van der Waals surface area contributed by atoms with Crippen LogP contribution in [0.15, 0.2) is 36.8 Å². The predicted molar refractivity (Wildman–Crippen MR) is 106 cm³/mol. The Morgan fingerprint density at radius 2 is 2.00 bits per heavy atom. The molecule has 1 N–H and O–H groups in total. The van der Waals surface area contributed by atoms with Gasteiger partial charge in [0.15, 0.2) is 5.65 Å². The molecule has 4 rings (SSSR count). The molecule has 9 heteroatoms. The van der Waals surface area contributed by atoms with Crippen LogP contribution < -0.4 is 10.2 Å². The van der Waals surface area contributed by atoms with Gasteiger partial charge in [0.05, 0.1) is 35.9 Å². The number of fused-ring (bicyclic) bond motifs is 1. The van der Waals surface area contributed by atoms with Gasteiger partial charge in [-0.05, 0) is 26.0 Å². The van der Waals surface area contributed by atoms with Crippen LogP contribution in [0.3, 0.4) is 0 Å². The highest BCUT2D eigenvalue weighted by Gasteiger charge is 2.25. The Morgan fingerprint density at radius 1 is 1.24 bits per heavy atom. The van der Waals surface area contributed by atoms with Crippen LogP contribution in [0.1, 0.15) is 24.2 Å². The molecule has 1 aliphatic heterocycles. The van der Waals surface area contributed by atoms with Crippen molar-refractivity contribution in [1.29, 1.82) is 0 Å². The van der Waals surface area contributed by atoms with Crippen molar-refractivity contribution in [2.24, 2.45) is 0 Å². The van der Waals surface area contributed by atoms with Crippen LogP contribution in [0.5, 0.6) is 0 Å². The molecule has 0 bridgehead atoms. The lowest BCUT2D eigenvalue weighted by atomic mass is 10.2. The normalized spacial score (nSPS) is 19.5. The molecule has 3 aromatic rings. The molecule has 29 heavy (non-hydrogen) atoms. The van der Waals surface area contributed by atoms with Crippen LogP contribution in [0, 0.1) is 5.82 Å². The molecule has 2 unspecified atom stereocenters. The highest BCUT2D eigenvalue weighted by atomic mass is 19.1. The Morgan fingerprint density at radius 3 is 2.76 bits per heavy atom. The molecule has 2 atom stereocenters. The van der Waals surface area contributed by atoms with Gasteiger partial charge in [-0.2, -0.15) is 5.10 Å². The van der Waals surface area contributed by atoms with E-state index in [1.165, 1.54) is 18.5 Å². The zero-order valence-electron chi connectivity index (χ0n) is 16.4. The highest BCUT2D eigenvalue weighted by molar-refractivity contribution is 5.94. The summed E-state index contributed by atoms with van der Waals surface area (Å²) in [4.78, 5) is 23.2. The number of benzene rings is 1. The van der Waals surface area contributed by atoms with E-state index in [0.717, 1.165) is 24.3 Å². The van der Waals surface area contributed by atoms with Crippen molar-refractivity contribution in [1.82, 2.24) is 25.1 Å². The summed E-state index contributed by atoms with van der Waals surface area (Å²) in [6.45, 7) is 6.30. The van der Waals surface area contributed by atoms with Gasteiger partial charge in [-0.1, -0.05) is 12.1 Å². The Kier molecular flexibility index (Phi) is 5.39. The second-order valence-electron chi connectivity index (χ2n) is 7.20. The van der Waals surface area contributed by atoms with E-state index < -0.39 is 11.7 Å². The Hall–Kier alpha value is -3.07. The minimum absolute atomic E-state index is 0.0259. The summed E-state index contributed by atoms with van der Waals surface area (Å²) in [7, 11) is 0. The number of ether oxygens (including phenoxy) is 1. The van der Waals surface area contributed by atoms with Crippen LogP contribution in [0.4, 0.5) is 10.2 Å². The summed E-state index contributed by atoms with van der Waals surface area (Å²) in [6.07, 6.45) is 3.51. The number of hydrogen-bond acceptors (Lipinski definition) is 6. The van der Waals surface area contributed by atoms with E-state index in [4.69, 9.17) is 4.74 Å². The first-order valence-corrected chi connectivity index (χ1v) is 9.62. The van der Waals surface area contributed by atoms with Gasteiger partial charge in [0.25, 0.3) is 5.91 Å². The number of amides is 1. The Balaban J connectivity index is 1.47. The standard InChI is InChI=1S/C20H23FN6O2/c1-13-10-26(11-14(2)29-13)18-16-9-25-27(19(16)24-12-23-18)8-7-22-20(28)15-5-3-4-6-17(15)21/h3-6,9,12-14H,7-8,10-11H2,1-2H3,(H,22,28). The van der Waals surface area contributed by atoms with E-state index >= 15 is 0 Å². The van der Waals surface area contributed by atoms with E-state index in [2.05, 4.69) is 25.3 Å². The molecule has 0 spiro atoms. The van der Waals surface area contributed by atoms with Gasteiger partial charge in [-0.25, -0.2) is 19.0 Å². The van der Waals surface area contributed by atoms with Crippen LogP contribution in [0.25, 0.3) is 11.0 Å². The van der Waals surface area contributed by atoms with E-state index in [1.54, 1.807) is 23.0 Å². The number of hydrogen-bond donors (Lipinski definition) is 1. The molecule has 1 fully saturated rings. The van der Waals surface area contributed by atoms with Crippen LogP contribution in [0.2, 0.25) is 0 Å². The van der Waals surface area contributed by atoms with E-state index in [1.807, 2.05) is 13.8 Å². The molecule has 8 nitrogen and oxygen atoms in total. The van der Waals surface area contributed by atoms with Crippen LogP contribution in [-0.2, 0) is 11.3 Å². The number of nitrogens with one attached hydrogen (secondary N) is 1. The molecule has 3 heterocycles. The third-order valence-corrected chi connectivity index (χ3v) is 4.86. The maximum absolute atomic E-state index is 13.7. The number of halogens is 1. The molecule has 1 aliphatic rings. The third-order valence-electron chi connectivity index (χ3n) is 4.86. The summed E-state index contributed by atoms with van der Waals surface area (Å²) in [5, 5.41) is 7.98. The maximum Gasteiger partial charge on any atom is 0.254 e. The van der Waals surface area contributed by atoms with Gasteiger partial charge in [0.2, 0.25) is 0 Å². The van der Waals surface area contributed by atoms with Gasteiger partial charge < -0.3 is 15.0 Å². The van der Waals surface area contributed by atoms with Crippen molar-refractivity contribution in [3.05, 3.63) is 48.2 Å². The SMILES string of the molecule is CC1CN(c2ncnc3c2cnn3CCNC(=O)c2ccccc2F)CC(C)O1. The zero-order chi connectivity index (χ0) is 20.4. The summed E-state index contributed by atoms with van der Waals surface area (Å²) < 4.78 is 21.2. The van der Waals surface area contributed by atoms with Crippen molar-refractivity contribution in [3.8, 4) is 0 Å². The first kappa shape index (κ1) is 19.3. The molecule has 0 aliphatic carbocycles. The van der Waals surface area contributed by atoms with Gasteiger partial charge in [-0.3, -0.25) is 4.79 Å². The molecule has 1 amide bonds. The monoisotopic (exact) mass is 398 g/mol. The molecule has 0 saturated carbocycles. The minimum atomic E-state index is -0.541. The Bertz CT molecular complexity index is 1010. The minimum Gasteiger partial charge on any atom is -0.372 e. The van der Waals surface area contributed by atoms with Gasteiger partial charge in [0, 0.05) is 19.6 Å². The summed E-state index contributed by atoms with van der Waals surface area (Å²) in [6, 6.07) is 5.90. The lowest BCUT2D eigenvalue weighted by molar-refractivity contribution is -0.00537. The number of aromatic nitrogens is 4. The predicted octanol–water partition coefficient (Wildman–Crippen LogP) is 2.01. The lowest BCUT2D eigenvalue weighted by Gasteiger charge is -2.36. The van der Waals surface area contributed by atoms with Gasteiger partial charge in [0.1, 0.15) is 18.0 Å². The average molecular weight is 398 g/mol. The highest BCUT2D eigenvalue weighted by Crippen LogP contribution is 2.25. The summed E-state index contributed by atoms with van der Waals surface area (Å²) >= 11 is 0. The van der Waals surface area contributed by atoms with Crippen LogP contribution in [-0.4, -0.2) is 57.5 Å². The number of rotatable bonds is 5. The lowest BCUT2D eigenvalue weighted by Crippen LogP contribution is -2.45. The molecule has 152 valence electrons. The summed E-state index contributed by atoms with van der Waals surface area (Å²) in [5.41, 5.74) is 0.722. The van der Waals surface area contributed by atoms with E-state index in [9.17, 15) is 9.18 Å². The van der Waals surface area contributed by atoms with Crippen molar-refractivity contribution in [2.45, 2.75) is 32.6 Å². The quantitative estimate of drug-likeness (QED) is 0.708. The fourth-order valence-electron chi connectivity index (χ4n) is 3.66. The van der Waals surface area contributed by atoms with E-state index in [-0.39, 0.29) is 17.8 Å². The second kappa shape index (κ2) is 8.12. The number of anilines is 1. The first-order valence-electron chi connectivity index (χ1n) is 9.62. The number of nitrogens with zero attached hydrogens (tertiary/aromatic N) is 5. The van der Waals surface area contributed by atoms with Crippen molar-refractivity contribution in [2.75, 3.05) is 24.5 Å². The van der Waals surface area contributed by atoms with Crippen molar-refractivity contribution < 1.29 is 13.9 Å². The van der Waals surface area contributed by atoms with E-state index in [0.29, 0.717) is 18.7 Å². The smallest absolute Gasteiger partial charge is 0.254 e. The molecule has 0 radical (unpaired) electrons. The largest absolute Gasteiger partial charge is 0.372 e. The van der Waals surface area contributed by atoms with Gasteiger partial charge >= 0.3 is 0 Å². The summed E-state index contributed by atoms with van der Waals surface area (Å²) in [5.74, 6) is -0.161. The number of carbonyl (C=O) groups is 1.